The second kappa shape index (κ2) is 8.80. The largest absolute Gasteiger partial charge is 0.377 e. The van der Waals surface area contributed by atoms with Gasteiger partial charge in [0.15, 0.2) is 17.5 Å². The van der Waals surface area contributed by atoms with Crippen LogP contribution in [-0.2, 0) is 4.74 Å². The number of H-pyrrole nitrogens is 1. The Kier molecular flexibility index (Phi) is 5.96. The molecule has 4 rings (SSSR count). The van der Waals surface area contributed by atoms with Gasteiger partial charge in [-0.1, -0.05) is 11.6 Å². The second-order valence-electron chi connectivity index (χ2n) is 6.78. The molecule has 3 aromatic heterocycles. The smallest absolute Gasteiger partial charge is 0.317 e. The van der Waals surface area contributed by atoms with Gasteiger partial charge in [-0.25, -0.2) is 24.1 Å². The zero-order chi connectivity index (χ0) is 21.1. The highest BCUT2D eigenvalue weighted by Crippen LogP contribution is 2.28. The number of fused-ring (bicyclic) bond motifs is 1. The van der Waals surface area contributed by atoms with E-state index in [1.165, 1.54) is 6.20 Å². The molecule has 1 aliphatic rings. The molecule has 1 fully saturated rings. The molecule has 1 saturated heterocycles. The van der Waals surface area contributed by atoms with Crippen LogP contribution in [0.15, 0.2) is 24.7 Å². The monoisotopic (exact) mass is 433 g/mol. The maximum absolute atomic E-state index is 14.4. The number of urea groups is 1. The Labute approximate surface area is 177 Å². The Hall–Kier alpha value is -2.98. The molecule has 1 unspecified atom stereocenters. The van der Waals surface area contributed by atoms with E-state index in [0.717, 1.165) is 11.6 Å². The highest BCUT2D eigenvalue weighted by atomic mass is 35.5. The van der Waals surface area contributed by atoms with E-state index in [-0.39, 0.29) is 24.4 Å². The van der Waals surface area contributed by atoms with Crippen molar-refractivity contribution < 1.29 is 13.9 Å². The van der Waals surface area contributed by atoms with Gasteiger partial charge in [0.1, 0.15) is 5.65 Å². The quantitative estimate of drug-likeness (QED) is 0.571. The molecule has 1 atom stereocenters. The molecular formula is C19H21ClFN7O2. The van der Waals surface area contributed by atoms with Gasteiger partial charge in [-0.05, 0) is 13.0 Å². The van der Waals surface area contributed by atoms with E-state index in [2.05, 4.69) is 30.6 Å². The van der Waals surface area contributed by atoms with E-state index in [1.54, 1.807) is 17.2 Å². The number of nitrogens with zero attached hydrogens (tertiary/aromatic N) is 4. The Balaban J connectivity index is 1.55. The fraction of sp³-hybridized carbons (Fsp3) is 0.368. The van der Waals surface area contributed by atoms with Crippen LogP contribution in [-0.4, -0.2) is 69.8 Å². The van der Waals surface area contributed by atoms with Crippen LogP contribution >= 0.6 is 11.6 Å². The first-order valence-electron chi connectivity index (χ1n) is 9.58. The summed E-state index contributed by atoms with van der Waals surface area (Å²) in [5, 5.41) is 7.00. The first-order valence-corrected chi connectivity index (χ1v) is 9.96. The molecule has 0 aliphatic carbocycles. The van der Waals surface area contributed by atoms with Crippen molar-refractivity contribution in [2.24, 2.45) is 0 Å². The molecule has 158 valence electrons. The molecule has 9 nitrogen and oxygen atoms in total. The van der Waals surface area contributed by atoms with Crippen molar-refractivity contribution in [1.29, 1.82) is 0 Å². The first-order chi connectivity index (χ1) is 14.6. The maximum atomic E-state index is 14.4. The SMILES string of the molecule is CCNC(=O)N1CCOCC1CNc1nc(-c2c[nH]c3ncc(Cl)cc23)ncc1F. The van der Waals surface area contributed by atoms with Gasteiger partial charge in [0, 0.05) is 43.0 Å². The van der Waals surface area contributed by atoms with Crippen molar-refractivity contribution in [3.8, 4) is 11.4 Å². The molecule has 2 amide bonds. The lowest BCUT2D eigenvalue weighted by molar-refractivity contribution is 0.0171. The summed E-state index contributed by atoms with van der Waals surface area (Å²) in [7, 11) is 0. The molecule has 11 heteroatoms. The summed E-state index contributed by atoms with van der Waals surface area (Å²) < 4.78 is 19.9. The number of nitrogens with one attached hydrogen (secondary N) is 3. The third-order valence-electron chi connectivity index (χ3n) is 4.80. The molecule has 3 aromatic rings. The minimum Gasteiger partial charge on any atom is -0.377 e. The third kappa shape index (κ3) is 4.14. The summed E-state index contributed by atoms with van der Waals surface area (Å²) in [4.78, 5) is 29.6. The van der Waals surface area contributed by atoms with E-state index in [0.29, 0.717) is 48.4 Å². The predicted molar refractivity (Wildman–Crippen MR) is 111 cm³/mol. The fourth-order valence-electron chi connectivity index (χ4n) is 3.34. The molecule has 0 bridgehead atoms. The van der Waals surface area contributed by atoms with Crippen molar-refractivity contribution in [3.63, 3.8) is 0 Å². The van der Waals surface area contributed by atoms with Gasteiger partial charge in [0.25, 0.3) is 0 Å². The Bertz CT molecular complexity index is 1060. The van der Waals surface area contributed by atoms with Gasteiger partial charge in [-0.2, -0.15) is 0 Å². The van der Waals surface area contributed by atoms with Gasteiger partial charge in [0.2, 0.25) is 0 Å². The number of ether oxygens (including phenoxy) is 1. The average molecular weight is 434 g/mol. The Morgan fingerprint density at radius 1 is 1.43 bits per heavy atom. The normalized spacial score (nSPS) is 16.6. The third-order valence-corrected chi connectivity index (χ3v) is 5.01. The van der Waals surface area contributed by atoms with Crippen LogP contribution in [0, 0.1) is 5.82 Å². The number of rotatable bonds is 5. The number of morpholine rings is 1. The van der Waals surface area contributed by atoms with Gasteiger partial charge in [-0.15, -0.1) is 0 Å². The molecule has 0 spiro atoms. The lowest BCUT2D eigenvalue weighted by Gasteiger charge is -2.35. The summed E-state index contributed by atoms with van der Waals surface area (Å²) in [5.41, 5.74) is 1.29. The maximum Gasteiger partial charge on any atom is 0.317 e. The van der Waals surface area contributed by atoms with Crippen LogP contribution < -0.4 is 10.6 Å². The van der Waals surface area contributed by atoms with Gasteiger partial charge in [-0.3, -0.25) is 0 Å². The highest BCUT2D eigenvalue weighted by molar-refractivity contribution is 6.31. The standard InChI is InChI=1S/C19H21ClFN7O2/c1-2-22-19(29)28-3-4-30-10-12(28)7-24-18-15(21)9-26-17(27-18)14-8-25-16-13(14)5-11(20)6-23-16/h5-6,8-9,12H,2-4,7,10H2,1H3,(H,22,29)(H,23,25)(H,24,26,27). The molecule has 1 aliphatic heterocycles. The summed E-state index contributed by atoms with van der Waals surface area (Å²) >= 11 is 6.05. The van der Waals surface area contributed by atoms with E-state index in [9.17, 15) is 9.18 Å². The van der Waals surface area contributed by atoms with Crippen molar-refractivity contribution in [3.05, 3.63) is 35.5 Å². The predicted octanol–water partition coefficient (Wildman–Crippen LogP) is 2.65. The summed E-state index contributed by atoms with van der Waals surface area (Å²) in [6.07, 6.45) is 4.35. The van der Waals surface area contributed by atoms with Crippen LogP contribution in [0.5, 0.6) is 0 Å². The number of amides is 2. The van der Waals surface area contributed by atoms with Gasteiger partial charge >= 0.3 is 6.03 Å². The molecule has 0 saturated carbocycles. The van der Waals surface area contributed by atoms with E-state index in [4.69, 9.17) is 16.3 Å². The molecule has 0 aromatic carbocycles. The van der Waals surface area contributed by atoms with E-state index < -0.39 is 5.82 Å². The number of halogens is 2. The number of carbonyl (C=O) groups is 1. The number of carbonyl (C=O) groups excluding carboxylic acids is 1. The number of pyridine rings is 1. The zero-order valence-electron chi connectivity index (χ0n) is 16.3. The lowest BCUT2D eigenvalue weighted by Crippen LogP contribution is -2.54. The van der Waals surface area contributed by atoms with Crippen molar-refractivity contribution in [2.45, 2.75) is 13.0 Å². The molecule has 4 heterocycles. The number of anilines is 1. The Morgan fingerprint density at radius 2 is 2.30 bits per heavy atom. The van der Waals surface area contributed by atoms with Crippen LogP contribution in [0.25, 0.3) is 22.4 Å². The summed E-state index contributed by atoms with van der Waals surface area (Å²) in [6, 6.07) is 1.33. The second-order valence-corrected chi connectivity index (χ2v) is 7.22. The number of aromatic amines is 1. The molecule has 30 heavy (non-hydrogen) atoms. The van der Waals surface area contributed by atoms with Crippen molar-refractivity contribution in [1.82, 2.24) is 30.2 Å². The van der Waals surface area contributed by atoms with E-state index in [1.807, 2.05) is 6.92 Å². The van der Waals surface area contributed by atoms with Crippen LogP contribution in [0.1, 0.15) is 6.92 Å². The molecule has 3 N–H and O–H groups in total. The van der Waals surface area contributed by atoms with Gasteiger partial charge in [0.05, 0.1) is 30.5 Å². The first kappa shape index (κ1) is 20.3. The topological polar surface area (TPSA) is 108 Å². The highest BCUT2D eigenvalue weighted by Gasteiger charge is 2.27. The minimum absolute atomic E-state index is 0.0470. The average Bonchev–Trinajstić information content (AvgIpc) is 3.16. The molecular weight excluding hydrogens is 413 g/mol. The Morgan fingerprint density at radius 3 is 3.13 bits per heavy atom. The van der Waals surface area contributed by atoms with Crippen LogP contribution in [0.2, 0.25) is 5.02 Å². The fourth-order valence-corrected chi connectivity index (χ4v) is 3.50. The van der Waals surface area contributed by atoms with E-state index >= 15 is 0 Å². The lowest BCUT2D eigenvalue weighted by atomic mass is 10.2. The minimum atomic E-state index is -0.587. The van der Waals surface area contributed by atoms with Crippen molar-refractivity contribution >= 4 is 34.5 Å². The molecule has 0 radical (unpaired) electrons. The van der Waals surface area contributed by atoms with Crippen molar-refractivity contribution in [2.75, 3.05) is 38.2 Å². The summed E-state index contributed by atoms with van der Waals surface area (Å²) in [5.74, 6) is -0.212. The summed E-state index contributed by atoms with van der Waals surface area (Å²) in [6.45, 7) is 3.97. The number of hydrogen-bond donors (Lipinski definition) is 3. The van der Waals surface area contributed by atoms with Crippen LogP contribution in [0.3, 0.4) is 0 Å². The zero-order valence-corrected chi connectivity index (χ0v) is 17.0. The van der Waals surface area contributed by atoms with Crippen LogP contribution in [0.4, 0.5) is 15.0 Å². The van der Waals surface area contributed by atoms with Gasteiger partial charge < -0.3 is 25.3 Å². The number of hydrogen-bond acceptors (Lipinski definition) is 6. The number of aromatic nitrogens is 4.